The molecule has 3 heteroatoms. The van der Waals surface area contributed by atoms with Crippen LogP contribution in [0.5, 0.6) is 0 Å². The van der Waals surface area contributed by atoms with Crippen molar-refractivity contribution in [2.75, 3.05) is 6.54 Å². The maximum absolute atomic E-state index is 11.4. The summed E-state index contributed by atoms with van der Waals surface area (Å²) in [4.78, 5) is 11.4. The highest BCUT2D eigenvalue weighted by atomic mass is 16.3. The number of hydrogen-bond donors (Lipinski definition) is 2. The van der Waals surface area contributed by atoms with Crippen LogP contribution in [-0.2, 0) is 4.79 Å². The van der Waals surface area contributed by atoms with Gasteiger partial charge in [0.05, 0.1) is 6.10 Å². The Hall–Kier alpha value is -0.570. The summed E-state index contributed by atoms with van der Waals surface area (Å²) in [5, 5.41) is 12.0. The third kappa shape index (κ3) is 5.17. The smallest absolute Gasteiger partial charge is 0.220 e. The lowest BCUT2D eigenvalue weighted by atomic mass is 10.1. The Morgan fingerprint density at radius 1 is 1.53 bits per heavy atom. The van der Waals surface area contributed by atoms with Crippen molar-refractivity contribution in [3.8, 4) is 0 Å². The molecule has 0 aromatic rings. The van der Waals surface area contributed by atoms with Crippen LogP contribution in [0.1, 0.15) is 46.0 Å². The first-order chi connectivity index (χ1) is 7.08. The van der Waals surface area contributed by atoms with E-state index < -0.39 is 0 Å². The second kappa shape index (κ2) is 6.11. The number of nitrogens with one attached hydrogen (secondary N) is 1. The highest BCUT2D eigenvalue weighted by molar-refractivity contribution is 5.75. The van der Waals surface area contributed by atoms with Crippen LogP contribution < -0.4 is 5.32 Å². The fraction of sp³-hybridized carbons (Fsp3) is 0.917. The highest BCUT2D eigenvalue weighted by Crippen LogP contribution is 2.29. The van der Waals surface area contributed by atoms with Crippen LogP contribution in [0.25, 0.3) is 0 Å². The van der Waals surface area contributed by atoms with Gasteiger partial charge < -0.3 is 10.4 Å². The molecular formula is C12H23NO2. The zero-order valence-corrected chi connectivity index (χ0v) is 9.83. The molecule has 3 nitrogen and oxygen atoms in total. The summed E-state index contributed by atoms with van der Waals surface area (Å²) in [6, 6.07) is 0. The summed E-state index contributed by atoms with van der Waals surface area (Å²) in [5.74, 6) is 1.58. The van der Waals surface area contributed by atoms with Crippen LogP contribution in [0.3, 0.4) is 0 Å². The van der Waals surface area contributed by atoms with Crippen molar-refractivity contribution in [2.24, 2.45) is 11.8 Å². The van der Waals surface area contributed by atoms with E-state index in [1.165, 1.54) is 19.3 Å². The molecule has 0 aliphatic heterocycles. The standard InChI is InChI=1S/C12H23NO2/c1-9-3-5-11(7-9)8-13-12(15)6-4-10(2)14/h9-11,14H,3-8H2,1-2H3,(H,13,15). The highest BCUT2D eigenvalue weighted by Gasteiger charge is 2.21. The van der Waals surface area contributed by atoms with Gasteiger partial charge >= 0.3 is 0 Å². The molecule has 0 aromatic heterocycles. The molecule has 0 aromatic carbocycles. The molecule has 0 spiro atoms. The molecule has 0 radical (unpaired) electrons. The predicted molar refractivity (Wildman–Crippen MR) is 60.4 cm³/mol. The molecule has 1 aliphatic rings. The monoisotopic (exact) mass is 213 g/mol. The molecular weight excluding hydrogens is 190 g/mol. The predicted octanol–water partition coefficient (Wildman–Crippen LogP) is 1.70. The summed E-state index contributed by atoms with van der Waals surface area (Å²) in [5.41, 5.74) is 0. The van der Waals surface area contributed by atoms with Crippen molar-refractivity contribution in [1.82, 2.24) is 5.32 Å². The van der Waals surface area contributed by atoms with Crippen molar-refractivity contribution in [3.63, 3.8) is 0 Å². The van der Waals surface area contributed by atoms with Gasteiger partial charge in [-0.15, -0.1) is 0 Å². The second-order valence-corrected chi connectivity index (χ2v) is 4.98. The number of hydrogen-bond acceptors (Lipinski definition) is 2. The van der Waals surface area contributed by atoms with E-state index in [1.807, 2.05) is 0 Å². The molecule has 1 rings (SSSR count). The SMILES string of the molecule is CC(O)CCC(=O)NCC1CCC(C)C1. The molecule has 0 bridgehead atoms. The van der Waals surface area contributed by atoms with E-state index in [9.17, 15) is 4.79 Å². The summed E-state index contributed by atoms with van der Waals surface area (Å²) >= 11 is 0. The number of aliphatic hydroxyl groups excluding tert-OH is 1. The third-order valence-electron chi connectivity index (χ3n) is 3.18. The van der Waals surface area contributed by atoms with E-state index in [0.717, 1.165) is 12.5 Å². The molecule has 88 valence electrons. The minimum absolute atomic E-state index is 0.0791. The van der Waals surface area contributed by atoms with Crippen molar-refractivity contribution in [3.05, 3.63) is 0 Å². The largest absolute Gasteiger partial charge is 0.393 e. The Labute approximate surface area is 92.3 Å². The zero-order valence-electron chi connectivity index (χ0n) is 9.83. The number of carbonyl (C=O) groups excluding carboxylic acids is 1. The molecule has 3 atom stereocenters. The molecule has 2 N–H and O–H groups in total. The topological polar surface area (TPSA) is 49.3 Å². The van der Waals surface area contributed by atoms with Gasteiger partial charge in [0.15, 0.2) is 0 Å². The van der Waals surface area contributed by atoms with Gasteiger partial charge in [0.2, 0.25) is 5.91 Å². The lowest BCUT2D eigenvalue weighted by Crippen LogP contribution is -2.28. The minimum Gasteiger partial charge on any atom is -0.393 e. The van der Waals surface area contributed by atoms with Crippen LogP contribution in [0, 0.1) is 11.8 Å². The lowest BCUT2D eigenvalue weighted by Gasteiger charge is -2.11. The van der Waals surface area contributed by atoms with Gasteiger partial charge in [-0.25, -0.2) is 0 Å². The van der Waals surface area contributed by atoms with Gasteiger partial charge in [0.25, 0.3) is 0 Å². The van der Waals surface area contributed by atoms with Crippen LogP contribution in [0.15, 0.2) is 0 Å². The van der Waals surface area contributed by atoms with E-state index in [-0.39, 0.29) is 12.0 Å². The minimum atomic E-state index is -0.373. The molecule has 15 heavy (non-hydrogen) atoms. The second-order valence-electron chi connectivity index (χ2n) is 4.98. The van der Waals surface area contributed by atoms with Crippen LogP contribution in [0.4, 0.5) is 0 Å². The third-order valence-corrected chi connectivity index (χ3v) is 3.18. The van der Waals surface area contributed by atoms with Gasteiger partial charge in [0.1, 0.15) is 0 Å². The van der Waals surface area contributed by atoms with E-state index >= 15 is 0 Å². The van der Waals surface area contributed by atoms with Crippen molar-refractivity contribution >= 4 is 5.91 Å². The Bertz CT molecular complexity index is 204. The van der Waals surface area contributed by atoms with Gasteiger partial charge in [-0.1, -0.05) is 13.3 Å². The van der Waals surface area contributed by atoms with Gasteiger partial charge in [-0.2, -0.15) is 0 Å². The first-order valence-electron chi connectivity index (χ1n) is 6.02. The van der Waals surface area contributed by atoms with E-state index in [2.05, 4.69) is 12.2 Å². The number of aliphatic hydroxyl groups is 1. The van der Waals surface area contributed by atoms with Gasteiger partial charge in [0, 0.05) is 13.0 Å². The first-order valence-corrected chi connectivity index (χ1v) is 6.02. The normalized spacial score (nSPS) is 27.7. The molecule has 1 fully saturated rings. The number of amides is 1. The average Bonchev–Trinajstić information content (AvgIpc) is 2.58. The lowest BCUT2D eigenvalue weighted by molar-refractivity contribution is -0.121. The number of carbonyl (C=O) groups is 1. The average molecular weight is 213 g/mol. The number of rotatable bonds is 5. The summed E-state index contributed by atoms with van der Waals surface area (Å²) in [7, 11) is 0. The van der Waals surface area contributed by atoms with Crippen LogP contribution >= 0.6 is 0 Å². The maximum Gasteiger partial charge on any atom is 0.220 e. The molecule has 0 heterocycles. The summed E-state index contributed by atoms with van der Waals surface area (Å²) < 4.78 is 0. The quantitative estimate of drug-likeness (QED) is 0.730. The molecule has 1 aliphatic carbocycles. The van der Waals surface area contributed by atoms with E-state index in [4.69, 9.17) is 5.11 Å². The van der Waals surface area contributed by atoms with Gasteiger partial charge in [-0.3, -0.25) is 4.79 Å². The summed E-state index contributed by atoms with van der Waals surface area (Å²) in [6.07, 6.45) is 4.43. The first kappa shape index (κ1) is 12.5. The van der Waals surface area contributed by atoms with E-state index in [1.54, 1.807) is 6.92 Å². The van der Waals surface area contributed by atoms with Crippen LogP contribution in [-0.4, -0.2) is 23.7 Å². The van der Waals surface area contributed by atoms with Crippen molar-refractivity contribution in [2.45, 2.75) is 52.1 Å². The molecule has 0 saturated heterocycles. The van der Waals surface area contributed by atoms with Crippen LogP contribution in [0.2, 0.25) is 0 Å². The Morgan fingerprint density at radius 2 is 2.27 bits per heavy atom. The molecule has 1 amide bonds. The fourth-order valence-electron chi connectivity index (χ4n) is 2.20. The zero-order chi connectivity index (χ0) is 11.3. The van der Waals surface area contributed by atoms with Gasteiger partial charge in [-0.05, 0) is 38.0 Å². The summed E-state index contributed by atoms with van der Waals surface area (Å²) in [6.45, 7) is 4.81. The fourth-order valence-corrected chi connectivity index (χ4v) is 2.20. The Balaban J connectivity index is 2.06. The Kier molecular flexibility index (Phi) is 5.09. The maximum atomic E-state index is 11.4. The van der Waals surface area contributed by atoms with E-state index in [0.29, 0.717) is 18.8 Å². The molecule has 3 unspecified atom stereocenters. The Morgan fingerprint density at radius 3 is 2.80 bits per heavy atom. The van der Waals surface area contributed by atoms with Crippen molar-refractivity contribution < 1.29 is 9.90 Å². The molecule has 1 saturated carbocycles. The van der Waals surface area contributed by atoms with Crippen molar-refractivity contribution in [1.29, 1.82) is 0 Å².